The van der Waals surface area contributed by atoms with Gasteiger partial charge in [-0.1, -0.05) is 23.8 Å². The molecule has 2 rings (SSSR count). The molecule has 0 saturated carbocycles. The fourth-order valence-electron chi connectivity index (χ4n) is 1.55. The largest absolute Gasteiger partial charge is 0.383 e. The molecule has 0 amide bonds. The summed E-state index contributed by atoms with van der Waals surface area (Å²) < 4.78 is 0. The third kappa shape index (κ3) is 1.81. The summed E-state index contributed by atoms with van der Waals surface area (Å²) >= 11 is 0. The molecule has 0 aliphatic heterocycles. The minimum Gasteiger partial charge on any atom is -0.383 e. The summed E-state index contributed by atoms with van der Waals surface area (Å²) in [6.07, 6.45) is 1.50. The normalized spacial score (nSPS) is 10.3. The van der Waals surface area contributed by atoms with Crippen LogP contribution in [0, 0.1) is 13.8 Å². The average molecular weight is 199 g/mol. The lowest BCUT2D eigenvalue weighted by molar-refractivity contribution is 1.14. The monoisotopic (exact) mass is 199 g/mol. The van der Waals surface area contributed by atoms with Gasteiger partial charge in [0.15, 0.2) is 0 Å². The predicted molar refractivity (Wildman–Crippen MR) is 61.4 cm³/mol. The molecule has 1 aromatic heterocycles. The van der Waals surface area contributed by atoms with Gasteiger partial charge in [0.1, 0.15) is 12.1 Å². The van der Waals surface area contributed by atoms with E-state index in [0.717, 1.165) is 16.8 Å². The fraction of sp³-hybridized carbons (Fsp3) is 0.167. The molecule has 0 saturated heterocycles. The number of anilines is 1. The number of nitrogens with two attached hydrogens (primary N) is 1. The molecular formula is C12H13N3. The second kappa shape index (κ2) is 3.69. The molecule has 2 N–H and O–H groups in total. The Morgan fingerprint density at radius 1 is 1.13 bits per heavy atom. The van der Waals surface area contributed by atoms with E-state index in [0.29, 0.717) is 5.82 Å². The Balaban J connectivity index is 2.59. The fourth-order valence-corrected chi connectivity index (χ4v) is 1.55. The molecule has 76 valence electrons. The van der Waals surface area contributed by atoms with Gasteiger partial charge < -0.3 is 5.73 Å². The lowest BCUT2D eigenvalue weighted by Gasteiger charge is -2.06. The van der Waals surface area contributed by atoms with Gasteiger partial charge in [-0.25, -0.2) is 9.97 Å². The van der Waals surface area contributed by atoms with Gasteiger partial charge in [0.2, 0.25) is 0 Å². The maximum absolute atomic E-state index is 5.74. The van der Waals surface area contributed by atoms with Gasteiger partial charge in [-0.3, -0.25) is 0 Å². The lowest BCUT2D eigenvalue weighted by atomic mass is 10.1. The van der Waals surface area contributed by atoms with Crippen molar-refractivity contribution in [3.05, 3.63) is 41.7 Å². The first-order chi connectivity index (χ1) is 7.18. The van der Waals surface area contributed by atoms with Crippen LogP contribution in [-0.2, 0) is 0 Å². The molecule has 2 aromatic rings. The molecule has 3 nitrogen and oxygen atoms in total. The molecule has 0 radical (unpaired) electrons. The van der Waals surface area contributed by atoms with Crippen molar-refractivity contribution in [2.24, 2.45) is 0 Å². The summed E-state index contributed by atoms with van der Waals surface area (Å²) in [5, 5.41) is 0. The molecule has 0 fully saturated rings. The lowest BCUT2D eigenvalue weighted by Crippen LogP contribution is -1.98. The Kier molecular flexibility index (Phi) is 2.37. The number of hydrogen-bond donors (Lipinski definition) is 1. The van der Waals surface area contributed by atoms with Crippen LogP contribution in [0.3, 0.4) is 0 Å². The van der Waals surface area contributed by atoms with E-state index in [1.165, 1.54) is 11.9 Å². The Bertz CT molecular complexity index is 492. The van der Waals surface area contributed by atoms with E-state index in [2.05, 4.69) is 29.0 Å². The van der Waals surface area contributed by atoms with E-state index in [9.17, 15) is 0 Å². The van der Waals surface area contributed by atoms with Crippen molar-refractivity contribution in [1.82, 2.24) is 9.97 Å². The van der Waals surface area contributed by atoms with Crippen LogP contribution in [0.15, 0.2) is 30.6 Å². The zero-order chi connectivity index (χ0) is 10.8. The minimum absolute atomic E-state index is 0.543. The van der Waals surface area contributed by atoms with Gasteiger partial charge in [0, 0.05) is 11.1 Å². The predicted octanol–water partition coefficient (Wildman–Crippen LogP) is 2.34. The molecule has 0 bridgehead atoms. The van der Waals surface area contributed by atoms with Crippen LogP contribution in [-0.4, -0.2) is 9.97 Å². The molecular weight excluding hydrogens is 186 g/mol. The van der Waals surface area contributed by atoms with Crippen molar-refractivity contribution >= 4 is 5.82 Å². The highest BCUT2D eigenvalue weighted by atomic mass is 14.9. The van der Waals surface area contributed by atoms with Crippen LogP contribution in [0.4, 0.5) is 5.82 Å². The summed E-state index contributed by atoms with van der Waals surface area (Å²) in [7, 11) is 0. The third-order valence-electron chi connectivity index (χ3n) is 2.41. The number of aromatic nitrogens is 2. The quantitative estimate of drug-likeness (QED) is 0.767. The second-order valence-corrected chi connectivity index (χ2v) is 3.60. The van der Waals surface area contributed by atoms with E-state index in [-0.39, 0.29) is 0 Å². The van der Waals surface area contributed by atoms with Crippen molar-refractivity contribution in [3.63, 3.8) is 0 Å². The van der Waals surface area contributed by atoms with Crippen LogP contribution in [0.1, 0.15) is 11.1 Å². The van der Waals surface area contributed by atoms with E-state index >= 15 is 0 Å². The molecule has 1 aromatic carbocycles. The molecule has 0 unspecified atom stereocenters. The molecule has 0 aliphatic carbocycles. The standard InChI is InChI=1S/C12H13N3/c1-8-4-3-5-10(6-8)11-9(2)12(13)15-7-14-11/h3-7H,1-2H3,(H2,13,14,15). The third-order valence-corrected chi connectivity index (χ3v) is 2.41. The van der Waals surface area contributed by atoms with Crippen molar-refractivity contribution in [1.29, 1.82) is 0 Å². The van der Waals surface area contributed by atoms with Gasteiger partial charge >= 0.3 is 0 Å². The smallest absolute Gasteiger partial charge is 0.130 e. The van der Waals surface area contributed by atoms with Gasteiger partial charge in [0.05, 0.1) is 5.69 Å². The summed E-state index contributed by atoms with van der Waals surface area (Å²) in [6, 6.07) is 8.20. The number of hydrogen-bond acceptors (Lipinski definition) is 3. The second-order valence-electron chi connectivity index (χ2n) is 3.60. The van der Waals surface area contributed by atoms with Crippen LogP contribution < -0.4 is 5.73 Å². The van der Waals surface area contributed by atoms with E-state index < -0.39 is 0 Å². The highest BCUT2D eigenvalue weighted by Gasteiger charge is 2.06. The highest BCUT2D eigenvalue weighted by molar-refractivity contribution is 5.67. The number of nitrogen functional groups attached to an aromatic ring is 1. The maximum atomic E-state index is 5.74. The molecule has 3 heteroatoms. The minimum atomic E-state index is 0.543. The van der Waals surface area contributed by atoms with Gasteiger partial charge in [-0.15, -0.1) is 0 Å². The Morgan fingerprint density at radius 2 is 1.93 bits per heavy atom. The summed E-state index contributed by atoms with van der Waals surface area (Å²) in [4.78, 5) is 8.21. The molecule has 1 heterocycles. The molecule has 0 spiro atoms. The zero-order valence-electron chi connectivity index (χ0n) is 8.86. The average Bonchev–Trinajstić information content (AvgIpc) is 2.22. The summed E-state index contributed by atoms with van der Waals surface area (Å²) in [5.74, 6) is 0.543. The van der Waals surface area contributed by atoms with E-state index in [1.807, 2.05) is 19.1 Å². The number of aryl methyl sites for hydroxylation is 1. The van der Waals surface area contributed by atoms with E-state index in [1.54, 1.807) is 0 Å². The topological polar surface area (TPSA) is 51.8 Å². The van der Waals surface area contributed by atoms with Crippen molar-refractivity contribution < 1.29 is 0 Å². The van der Waals surface area contributed by atoms with Crippen molar-refractivity contribution in [2.75, 3.05) is 5.73 Å². The highest BCUT2D eigenvalue weighted by Crippen LogP contribution is 2.23. The summed E-state index contributed by atoms with van der Waals surface area (Å²) in [5.41, 5.74) is 9.88. The van der Waals surface area contributed by atoms with Gasteiger partial charge in [0.25, 0.3) is 0 Å². The number of rotatable bonds is 1. The van der Waals surface area contributed by atoms with Gasteiger partial charge in [-0.05, 0) is 19.9 Å². The first-order valence-corrected chi connectivity index (χ1v) is 4.82. The summed E-state index contributed by atoms with van der Waals surface area (Å²) in [6.45, 7) is 4.00. The Morgan fingerprint density at radius 3 is 2.67 bits per heavy atom. The van der Waals surface area contributed by atoms with Crippen LogP contribution in [0.5, 0.6) is 0 Å². The van der Waals surface area contributed by atoms with Crippen molar-refractivity contribution in [2.45, 2.75) is 13.8 Å². The van der Waals surface area contributed by atoms with E-state index in [4.69, 9.17) is 5.73 Å². The van der Waals surface area contributed by atoms with Crippen LogP contribution in [0.25, 0.3) is 11.3 Å². The van der Waals surface area contributed by atoms with Crippen LogP contribution in [0.2, 0.25) is 0 Å². The SMILES string of the molecule is Cc1cccc(-c2ncnc(N)c2C)c1. The molecule has 15 heavy (non-hydrogen) atoms. The molecule has 0 atom stereocenters. The number of nitrogens with zero attached hydrogens (tertiary/aromatic N) is 2. The van der Waals surface area contributed by atoms with Crippen LogP contribution >= 0.6 is 0 Å². The first-order valence-electron chi connectivity index (χ1n) is 4.82. The first kappa shape index (κ1) is 9.65. The maximum Gasteiger partial charge on any atom is 0.130 e. The van der Waals surface area contributed by atoms with Gasteiger partial charge in [-0.2, -0.15) is 0 Å². The zero-order valence-corrected chi connectivity index (χ0v) is 8.86. The Labute approximate surface area is 89.0 Å². The molecule has 0 aliphatic rings. The Hall–Kier alpha value is -1.90. The van der Waals surface area contributed by atoms with Crippen molar-refractivity contribution in [3.8, 4) is 11.3 Å². The number of benzene rings is 1.